The molecule has 0 radical (unpaired) electrons. The minimum absolute atomic E-state index is 0.447. The molecule has 106 valence electrons. The predicted molar refractivity (Wildman–Crippen MR) is 87.5 cm³/mol. The zero-order valence-corrected chi connectivity index (χ0v) is 14.4. The van der Waals surface area contributed by atoms with Gasteiger partial charge in [0.15, 0.2) is 0 Å². The van der Waals surface area contributed by atoms with Gasteiger partial charge in [-0.05, 0) is 55.8 Å². The number of piperidine rings is 1. The minimum atomic E-state index is 0.447. The topological polar surface area (TPSA) is 32.3 Å². The molecule has 0 unspecified atom stereocenters. The zero-order valence-electron chi connectivity index (χ0n) is 12.2. The lowest BCUT2D eigenvalue weighted by Gasteiger charge is -2.38. The second-order valence-electron chi connectivity index (χ2n) is 5.64. The van der Waals surface area contributed by atoms with E-state index in [1.807, 2.05) is 25.2 Å². The van der Waals surface area contributed by atoms with Gasteiger partial charge >= 0.3 is 0 Å². The molecule has 4 nitrogen and oxygen atoms in total. The molecule has 0 bridgehead atoms. The van der Waals surface area contributed by atoms with Gasteiger partial charge in [0, 0.05) is 26.3 Å². The van der Waals surface area contributed by atoms with Gasteiger partial charge in [-0.3, -0.25) is 4.90 Å². The maximum Gasteiger partial charge on any atom is 0.225 e. The van der Waals surface area contributed by atoms with Crippen LogP contribution >= 0.6 is 22.6 Å². The van der Waals surface area contributed by atoms with Crippen LogP contribution in [0, 0.1) is 3.57 Å². The van der Waals surface area contributed by atoms with E-state index in [1.54, 1.807) is 0 Å². The van der Waals surface area contributed by atoms with Gasteiger partial charge in [0.2, 0.25) is 5.95 Å². The van der Waals surface area contributed by atoms with E-state index in [2.05, 4.69) is 46.3 Å². The zero-order chi connectivity index (χ0) is 14.0. The molecule has 1 aromatic rings. The monoisotopic (exact) mass is 374 g/mol. The first-order valence-electron chi connectivity index (χ1n) is 6.96. The van der Waals surface area contributed by atoms with Crippen LogP contribution in [-0.4, -0.2) is 41.5 Å². The number of aromatic nitrogens is 2. The second-order valence-corrected chi connectivity index (χ2v) is 6.80. The minimum Gasteiger partial charge on any atom is -0.347 e. The second kappa shape index (κ2) is 6.35. The molecule has 19 heavy (non-hydrogen) atoms. The Morgan fingerprint density at radius 1 is 1.37 bits per heavy atom. The number of nitrogens with zero attached hydrogens (tertiary/aromatic N) is 4. The fraction of sp³-hybridized carbons (Fsp3) is 0.714. The van der Waals surface area contributed by atoms with Crippen LogP contribution in [0.3, 0.4) is 0 Å². The van der Waals surface area contributed by atoms with Gasteiger partial charge in [-0.2, -0.15) is 0 Å². The fourth-order valence-corrected chi connectivity index (χ4v) is 3.30. The van der Waals surface area contributed by atoms with Crippen molar-refractivity contribution in [3.8, 4) is 0 Å². The lowest BCUT2D eigenvalue weighted by atomic mass is 9.97. The molecule has 1 atom stereocenters. The lowest BCUT2D eigenvalue weighted by Crippen LogP contribution is -2.39. The van der Waals surface area contributed by atoms with E-state index in [-0.39, 0.29) is 0 Å². The standard InChI is InChI=1S/C14H23IN4/c1-10(2)19-8-6-5-7-12(19)13-11(15)9-16-14(17-13)18(3)4/h9-10,12H,5-8H2,1-4H3/t12-/m1/s1. The number of rotatable bonds is 3. The predicted octanol–water partition coefficient (Wildman–Crippen LogP) is 3.08. The molecule has 1 aliphatic heterocycles. The van der Waals surface area contributed by atoms with E-state index < -0.39 is 0 Å². The first-order chi connectivity index (χ1) is 9.00. The summed E-state index contributed by atoms with van der Waals surface area (Å²) in [6.45, 7) is 5.73. The van der Waals surface area contributed by atoms with E-state index in [0.717, 1.165) is 5.95 Å². The first-order valence-corrected chi connectivity index (χ1v) is 8.04. The maximum atomic E-state index is 4.79. The van der Waals surface area contributed by atoms with Gasteiger partial charge in [0.25, 0.3) is 0 Å². The van der Waals surface area contributed by atoms with Crippen LogP contribution < -0.4 is 4.90 Å². The summed E-state index contributed by atoms with van der Waals surface area (Å²) >= 11 is 2.37. The number of hydrogen-bond acceptors (Lipinski definition) is 4. The summed E-state index contributed by atoms with van der Waals surface area (Å²) in [5.41, 5.74) is 1.20. The van der Waals surface area contributed by atoms with Crippen molar-refractivity contribution in [3.63, 3.8) is 0 Å². The Hall–Kier alpha value is -0.430. The molecular weight excluding hydrogens is 351 g/mol. The van der Waals surface area contributed by atoms with E-state index in [1.165, 1.54) is 35.1 Å². The summed E-state index contributed by atoms with van der Waals surface area (Å²) in [6.07, 6.45) is 5.76. The van der Waals surface area contributed by atoms with Gasteiger partial charge in [0.1, 0.15) is 0 Å². The third-order valence-corrected chi connectivity index (χ3v) is 4.51. The molecule has 2 heterocycles. The summed E-state index contributed by atoms with van der Waals surface area (Å²) in [6, 6.07) is 1.02. The molecular formula is C14H23IN4. The Balaban J connectivity index is 2.35. The highest BCUT2D eigenvalue weighted by atomic mass is 127. The average molecular weight is 374 g/mol. The molecule has 0 aromatic carbocycles. The van der Waals surface area contributed by atoms with Crippen LogP contribution in [0.25, 0.3) is 0 Å². The van der Waals surface area contributed by atoms with Crippen LogP contribution in [0.4, 0.5) is 5.95 Å². The SMILES string of the molecule is CC(C)N1CCCC[C@@H]1c1nc(N(C)C)ncc1I. The van der Waals surface area contributed by atoms with Crippen molar-refractivity contribution in [1.29, 1.82) is 0 Å². The van der Waals surface area contributed by atoms with E-state index >= 15 is 0 Å². The largest absolute Gasteiger partial charge is 0.347 e. The van der Waals surface area contributed by atoms with Crippen molar-refractivity contribution in [1.82, 2.24) is 14.9 Å². The molecule has 2 rings (SSSR count). The maximum absolute atomic E-state index is 4.79. The average Bonchev–Trinajstić information content (AvgIpc) is 2.39. The van der Waals surface area contributed by atoms with Gasteiger partial charge in [-0.1, -0.05) is 6.42 Å². The molecule has 0 saturated carbocycles. The van der Waals surface area contributed by atoms with Crippen molar-refractivity contribution in [2.45, 2.75) is 45.2 Å². The Bertz CT molecular complexity index is 433. The van der Waals surface area contributed by atoms with E-state index in [0.29, 0.717) is 12.1 Å². The summed E-state index contributed by atoms with van der Waals surface area (Å²) < 4.78 is 1.18. The Labute approximate surface area is 129 Å². The molecule has 1 saturated heterocycles. The van der Waals surface area contributed by atoms with Crippen molar-refractivity contribution < 1.29 is 0 Å². The summed E-state index contributed by atoms with van der Waals surface area (Å²) in [7, 11) is 3.99. The fourth-order valence-electron chi connectivity index (χ4n) is 2.69. The molecule has 0 amide bonds. The Morgan fingerprint density at radius 2 is 2.11 bits per heavy atom. The molecule has 0 spiro atoms. The van der Waals surface area contributed by atoms with Crippen molar-refractivity contribution in [3.05, 3.63) is 15.5 Å². The highest BCUT2D eigenvalue weighted by Crippen LogP contribution is 2.33. The highest BCUT2D eigenvalue weighted by Gasteiger charge is 2.28. The number of halogens is 1. The van der Waals surface area contributed by atoms with Crippen LogP contribution in [0.5, 0.6) is 0 Å². The van der Waals surface area contributed by atoms with Crippen LogP contribution in [-0.2, 0) is 0 Å². The quantitative estimate of drug-likeness (QED) is 0.762. The summed E-state index contributed by atoms with van der Waals surface area (Å²) in [5.74, 6) is 0.810. The Morgan fingerprint density at radius 3 is 2.74 bits per heavy atom. The smallest absolute Gasteiger partial charge is 0.225 e. The summed E-state index contributed by atoms with van der Waals surface area (Å²) in [4.78, 5) is 13.7. The lowest BCUT2D eigenvalue weighted by molar-refractivity contribution is 0.108. The molecule has 5 heteroatoms. The van der Waals surface area contributed by atoms with Gasteiger partial charge in [0.05, 0.1) is 15.3 Å². The first kappa shape index (κ1) is 15.0. The molecule has 1 fully saturated rings. The van der Waals surface area contributed by atoms with Crippen LogP contribution in [0.1, 0.15) is 44.8 Å². The van der Waals surface area contributed by atoms with Gasteiger partial charge < -0.3 is 4.90 Å². The van der Waals surface area contributed by atoms with E-state index in [9.17, 15) is 0 Å². The van der Waals surface area contributed by atoms with E-state index in [4.69, 9.17) is 4.98 Å². The van der Waals surface area contributed by atoms with Crippen LogP contribution in [0.2, 0.25) is 0 Å². The normalized spacial score (nSPS) is 20.8. The molecule has 0 aliphatic carbocycles. The van der Waals surface area contributed by atoms with Gasteiger partial charge in [-0.15, -0.1) is 0 Å². The number of hydrogen-bond donors (Lipinski definition) is 0. The number of likely N-dealkylation sites (tertiary alicyclic amines) is 1. The Kier molecular flexibility index (Phi) is 5.00. The van der Waals surface area contributed by atoms with Crippen molar-refractivity contribution in [2.24, 2.45) is 0 Å². The van der Waals surface area contributed by atoms with Crippen molar-refractivity contribution >= 4 is 28.5 Å². The van der Waals surface area contributed by atoms with Crippen molar-refractivity contribution in [2.75, 3.05) is 25.5 Å². The number of anilines is 1. The van der Waals surface area contributed by atoms with Crippen LogP contribution in [0.15, 0.2) is 6.20 Å². The third-order valence-electron chi connectivity index (χ3n) is 3.68. The molecule has 1 aromatic heterocycles. The molecule has 0 N–H and O–H groups in total. The third kappa shape index (κ3) is 3.37. The van der Waals surface area contributed by atoms with Gasteiger partial charge in [-0.25, -0.2) is 9.97 Å². The summed E-state index contributed by atoms with van der Waals surface area (Å²) in [5, 5.41) is 0. The molecule has 1 aliphatic rings. The highest BCUT2D eigenvalue weighted by molar-refractivity contribution is 14.1.